The highest BCUT2D eigenvalue weighted by Crippen LogP contribution is 2.87. The SMILES string of the molecule is CC(CC(=O)C1OC1(C)C)C1C(=O)C(O)C2(C)C3=CCC4C(C)(C)C(OC5OCC(O)C(O)C5O)CCC45CC35C(O)CC12C. The van der Waals surface area contributed by atoms with E-state index in [1.165, 1.54) is 0 Å². The molecule has 0 aromatic rings. The summed E-state index contributed by atoms with van der Waals surface area (Å²) >= 11 is 0. The lowest BCUT2D eigenvalue weighted by Crippen LogP contribution is -2.60. The van der Waals surface area contributed by atoms with Gasteiger partial charge in [0.15, 0.2) is 17.9 Å². The van der Waals surface area contributed by atoms with E-state index in [0.29, 0.717) is 19.3 Å². The van der Waals surface area contributed by atoms with Gasteiger partial charge in [-0.15, -0.1) is 0 Å². The fourth-order valence-electron chi connectivity index (χ4n) is 11.9. The number of carbonyl (C=O) groups is 2. The van der Waals surface area contributed by atoms with Crippen LogP contribution < -0.4 is 0 Å². The number of Topliss-reactive ketones (excluding diaryl/α,β-unsaturated/α-hetero) is 2. The Labute approximate surface area is 265 Å². The Morgan fingerprint density at radius 3 is 2.38 bits per heavy atom. The van der Waals surface area contributed by atoms with E-state index in [9.17, 15) is 35.1 Å². The molecule has 15 atom stereocenters. The molecule has 252 valence electrons. The maximum Gasteiger partial charge on any atom is 0.186 e. The van der Waals surface area contributed by atoms with Gasteiger partial charge in [-0.25, -0.2) is 0 Å². The molecule has 2 aliphatic heterocycles. The Morgan fingerprint density at radius 2 is 1.73 bits per heavy atom. The number of fused-ring (bicyclic) bond motifs is 2. The zero-order valence-electron chi connectivity index (χ0n) is 27.7. The highest BCUT2D eigenvalue weighted by molar-refractivity contribution is 5.93. The van der Waals surface area contributed by atoms with Gasteiger partial charge in [-0.1, -0.05) is 46.3 Å². The average Bonchev–Trinajstić information content (AvgIpc) is 3.82. The molecule has 7 rings (SSSR count). The number of rotatable bonds is 6. The third-order valence-corrected chi connectivity index (χ3v) is 14.5. The Hall–Kier alpha value is -1.24. The van der Waals surface area contributed by atoms with Crippen molar-refractivity contribution in [3.05, 3.63) is 11.6 Å². The third kappa shape index (κ3) is 3.91. The van der Waals surface area contributed by atoms with Crippen molar-refractivity contribution < 1.29 is 49.3 Å². The molecule has 7 aliphatic rings. The molecule has 45 heavy (non-hydrogen) atoms. The summed E-state index contributed by atoms with van der Waals surface area (Å²) in [5.41, 5.74) is -2.21. The Kier molecular flexibility index (Phi) is 6.95. The Balaban J connectivity index is 1.18. The van der Waals surface area contributed by atoms with E-state index in [2.05, 4.69) is 19.9 Å². The first-order valence-corrected chi connectivity index (χ1v) is 16.9. The molecule has 0 radical (unpaired) electrons. The minimum atomic E-state index is -1.36. The van der Waals surface area contributed by atoms with E-state index in [-0.39, 0.29) is 53.4 Å². The number of hydrogen-bond acceptors (Lipinski definition) is 10. The summed E-state index contributed by atoms with van der Waals surface area (Å²) in [5, 5.41) is 54.7. The quantitative estimate of drug-likeness (QED) is 0.216. The summed E-state index contributed by atoms with van der Waals surface area (Å²) in [7, 11) is 0. The summed E-state index contributed by atoms with van der Waals surface area (Å²) in [5.74, 6) is -0.982. The monoisotopic (exact) mass is 632 g/mol. The first-order chi connectivity index (χ1) is 20.8. The van der Waals surface area contributed by atoms with Gasteiger partial charge in [0.25, 0.3) is 0 Å². The second-order valence-corrected chi connectivity index (χ2v) is 17.3. The van der Waals surface area contributed by atoms with Crippen LogP contribution in [-0.4, -0.2) is 98.3 Å². The van der Waals surface area contributed by atoms with Crippen molar-refractivity contribution in [2.75, 3.05) is 6.61 Å². The number of allylic oxidation sites excluding steroid dienone is 1. The normalized spacial score (nSPS) is 54.6. The first-order valence-electron chi connectivity index (χ1n) is 16.9. The van der Waals surface area contributed by atoms with Crippen LogP contribution >= 0.6 is 0 Å². The number of ketones is 2. The number of epoxide rings is 1. The molecule has 2 saturated heterocycles. The molecular formula is C35H52O10. The molecule has 10 heteroatoms. The number of carbonyl (C=O) groups excluding carboxylic acids is 2. The highest BCUT2D eigenvalue weighted by atomic mass is 16.7. The molecule has 2 spiro atoms. The van der Waals surface area contributed by atoms with Gasteiger partial charge in [-0.2, -0.15) is 0 Å². The fraction of sp³-hybridized carbons (Fsp3) is 0.886. The lowest BCUT2D eigenvalue weighted by atomic mass is 9.44. The minimum Gasteiger partial charge on any atom is -0.392 e. The van der Waals surface area contributed by atoms with Crippen molar-refractivity contribution in [1.82, 2.24) is 0 Å². The molecule has 6 fully saturated rings. The van der Waals surface area contributed by atoms with Crippen molar-refractivity contribution in [2.45, 2.75) is 142 Å². The Morgan fingerprint density at radius 1 is 1.07 bits per heavy atom. The number of aliphatic hydroxyl groups excluding tert-OH is 5. The number of ether oxygens (including phenoxy) is 3. The van der Waals surface area contributed by atoms with Crippen molar-refractivity contribution in [3.63, 3.8) is 0 Å². The predicted octanol–water partition coefficient (Wildman–Crippen LogP) is 2.06. The second-order valence-electron chi connectivity index (χ2n) is 17.3. The zero-order valence-corrected chi connectivity index (χ0v) is 27.7. The van der Waals surface area contributed by atoms with Crippen molar-refractivity contribution in [1.29, 1.82) is 0 Å². The summed E-state index contributed by atoms with van der Waals surface area (Å²) in [6.45, 7) is 13.9. The van der Waals surface area contributed by atoms with Gasteiger partial charge < -0.3 is 39.7 Å². The van der Waals surface area contributed by atoms with Gasteiger partial charge in [-0.3, -0.25) is 9.59 Å². The van der Waals surface area contributed by atoms with Gasteiger partial charge in [0.05, 0.1) is 24.4 Å². The highest BCUT2D eigenvalue weighted by Gasteiger charge is 2.85. The zero-order chi connectivity index (χ0) is 32.9. The van der Waals surface area contributed by atoms with E-state index >= 15 is 0 Å². The van der Waals surface area contributed by atoms with Gasteiger partial charge in [0.1, 0.15) is 30.5 Å². The van der Waals surface area contributed by atoms with Gasteiger partial charge in [0, 0.05) is 23.2 Å². The predicted molar refractivity (Wildman–Crippen MR) is 160 cm³/mol. The van der Waals surface area contributed by atoms with Crippen LogP contribution in [0.5, 0.6) is 0 Å². The molecule has 0 aromatic carbocycles. The van der Waals surface area contributed by atoms with E-state index in [1.54, 1.807) is 0 Å². The third-order valence-electron chi connectivity index (χ3n) is 14.5. The molecule has 0 bridgehead atoms. The molecule has 15 unspecified atom stereocenters. The van der Waals surface area contributed by atoms with Crippen LogP contribution in [0, 0.1) is 44.8 Å². The van der Waals surface area contributed by atoms with Crippen molar-refractivity contribution >= 4 is 11.6 Å². The van der Waals surface area contributed by atoms with Crippen LogP contribution in [0.2, 0.25) is 0 Å². The van der Waals surface area contributed by atoms with Gasteiger partial charge in [0.2, 0.25) is 0 Å². The Bertz CT molecular complexity index is 1330. The van der Waals surface area contributed by atoms with Crippen molar-refractivity contribution in [3.8, 4) is 0 Å². The van der Waals surface area contributed by atoms with Crippen LogP contribution in [0.3, 0.4) is 0 Å². The molecule has 5 aliphatic carbocycles. The number of aliphatic hydroxyl groups is 5. The summed E-state index contributed by atoms with van der Waals surface area (Å²) in [6.07, 6.45) is -1.92. The van der Waals surface area contributed by atoms with Gasteiger partial charge in [-0.05, 0) is 74.0 Å². The second kappa shape index (κ2) is 9.68. The van der Waals surface area contributed by atoms with E-state index < -0.39 is 70.7 Å². The van der Waals surface area contributed by atoms with Crippen LogP contribution in [0.15, 0.2) is 11.6 Å². The molecule has 2 heterocycles. The summed E-state index contributed by atoms with van der Waals surface area (Å²) in [6, 6.07) is 0. The van der Waals surface area contributed by atoms with Crippen LogP contribution in [0.4, 0.5) is 0 Å². The number of hydrogen-bond donors (Lipinski definition) is 5. The maximum atomic E-state index is 14.0. The summed E-state index contributed by atoms with van der Waals surface area (Å²) < 4.78 is 17.5. The lowest BCUT2D eigenvalue weighted by molar-refractivity contribution is -0.301. The van der Waals surface area contributed by atoms with Crippen molar-refractivity contribution in [2.24, 2.45) is 44.8 Å². The minimum absolute atomic E-state index is 0.0151. The maximum absolute atomic E-state index is 14.0. The van der Waals surface area contributed by atoms with E-state index in [1.807, 2.05) is 34.6 Å². The average molecular weight is 633 g/mol. The fourth-order valence-corrected chi connectivity index (χ4v) is 11.9. The smallest absolute Gasteiger partial charge is 0.186 e. The van der Waals surface area contributed by atoms with Gasteiger partial charge >= 0.3 is 0 Å². The lowest BCUT2D eigenvalue weighted by Gasteiger charge is -2.61. The van der Waals surface area contributed by atoms with Crippen LogP contribution in [-0.2, 0) is 23.8 Å². The van der Waals surface area contributed by atoms with E-state index in [4.69, 9.17) is 14.2 Å². The van der Waals surface area contributed by atoms with Crippen LogP contribution in [0.25, 0.3) is 0 Å². The largest absolute Gasteiger partial charge is 0.392 e. The molecule has 0 aromatic heterocycles. The van der Waals surface area contributed by atoms with E-state index in [0.717, 1.165) is 18.4 Å². The molecular weight excluding hydrogens is 580 g/mol. The topological polar surface area (TPSA) is 166 Å². The van der Waals surface area contributed by atoms with Crippen LogP contribution in [0.1, 0.15) is 87.0 Å². The summed E-state index contributed by atoms with van der Waals surface area (Å²) in [4.78, 5) is 27.1. The molecule has 0 amide bonds. The molecule has 4 saturated carbocycles. The first kappa shape index (κ1) is 32.3. The molecule has 10 nitrogen and oxygen atoms in total. The standard InChI is InChI=1S/C35H52O10/c1-16(12-17(36)28-31(4,5)45-28)23-25(40)27(42)33(7)20-9-8-19-30(2,3)22(44-29-26(41)24(39)18(37)14-43-29)10-11-34(19)15-35(20,34)21(38)13-32(23,33)6/h9,16,18-19,21-24,26-29,37-39,41-42H,8,10-15H2,1-7H3. The molecule has 5 N–H and O–H groups in total.